The van der Waals surface area contributed by atoms with E-state index in [1.807, 2.05) is 56.5 Å². The van der Waals surface area contributed by atoms with Gasteiger partial charge in [-0.15, -0.1) is 0 Å². The average Bonchev–Trinajstić information content (AvgIpc) is 3.04. The fraction of sp³-hybridized carbons (Fsp3) is 0.500. The number of benzene rings is 1. The number of hydrogen-bond donors (Lipinski definition) is 1. The zero-order valence-electron chi connectivity index (χ0n) is 21.4. The number of aromatic nitrogens is 3. The van der Waals surface area contributed by atoms with Gasteiger partial charge in [-0.1, -0.05) is 0 Å². The third kappa shape index (κ3) is 5.44. The topological polar surface area (TPSA) is 90.6 Å². The third-order valence-electron chi connectivity index (χ3n) is 6.44. The lowest BCUT2D eigenvalue weighted by atomic mass is 9.97. The van der Waals surface area contributed by atoms with E-state index in [1.165, 1.54) is 0 Å². The number of carbonyl (C=O) groups excluding carboxylic acids is 1. The molecule has 0 aliphatic carbocycles. The molecule has 1 amide bonds. The van der Waals surface area contributed by atoms with Crippen molar-refractivity contribution >= 4 is 28.6 Å². The fourth-order valence-corrected chi connectivity index (χ4v) is 4.47. The first-order valence-corrected chi connectivity index (χ1v) is 12.0. The average molecular weight is 482 g/mol. The van der Waals surface area contributed by atoms with Gasteiger partial charge in [0.25, 0.3) is 0 Å². The minimum absolute atomic E-state index is 0.0610. The largest absolute Gasteiger partial charge is 0.497 e. The summed E-state index contributed by atoms with van der Waals surface area (Å²) in [7, 11) is 3.42. The first-order valence-electron chi connectivity index (χ1n) is 12.0. The number of fused-ring (bicyclic) bond motifs is 1. The van der Waals surface area contributed by atoms with Crippen molar-refractivity contribution in [1.29, 1.82) is 0 Å². The predicted octanol–water partition coefficient (Wildman–Crippen LogP) is 4.44. The molecule has 1 aromatic carbocycles. The van der Waals surface area contributed by atoms with E-state index >= 15 is 0 Å². The van der Waals surface area contributed by atoms with Crippen LogP contribution in [0, 0.1) is 12.8 Å². The summed E-state index contributed by atoms with van der Waals surface area (Å²) in [4.78, 5) is 31.7. The molecular formula is C26H35N5O4. The number of likely N-dealkylation sites (tertiary alicyclic amines) is 1. The van der Waals surface area contributed by atoms with E-state index in [1.54, 1.807) is 29.8 Å². The second-order valence-corrected chi connectivity index (χ2v) is 10.2. The van der Waals surface area contributed by atoms with Crippen LogP contribution in [0.5, 0.6) is 5.75 Å². The second-order valence-electron chi connectivity index (χ2n) is 10.2. The van der Waals surface area contributed by atoms with E-state index in [9.17, 15) is 9.59 Å². The number of ether oxygens (including phenoxy) is 2. The molecule has 1 saturated heterocycles. The molecule has 0 radical (unpaired) electrons. The van der Waals surface area contributed by atoms with Crippen LogP contribution in [0.3, 0.4) is 0 Å². The number of nitrogens with zero attached hydrogens (tertiary/aromatic N) is 4. The van der Waals surface area contributed by atoms with Crippen LogP contribution in [-0.4, -0.2) is 50.9 Å². The number of hydrogen-bond acceptors (Lipinski definition) is 6. The number of aryl methyl sites for hydroxylation is 2. The van der Waals surface area contributed by atoms with Crippen LogP contribution in [0.2, 0.25) is 0 Å². The summed E-state index contributed by atoms with van der Waals surface area (Å²) in [5, 5.41) is 3.36. The van der Waals surface area contributed by atoms with Crippen molar-refractivity contribution in [3.8, 4) is 5.75 Å². The third-order valence-corrected chi connectivity index (χ3v) is 6.44. The summed E-state index contributed by atoms with van der Waals surface area (Å²) in [6, 6.07) is 7.74. The summed E-state index contributed by atoms with van der Waals surface area (Å²) >= 11 is 0. The molecule has 1 aliphatic rings. The van der Waals surface area contributed by atoms with Crippen molar-refractivity contribution in [2.75, 3.05) is 25.5 Å². The summed E-state index contributed by atoms with van der Waals surface area (Å²) in [5.74, 6) is 1.77. The molecule has 0 unspecified atom stereocenters. The van der Waals surface area contributed by atoms with Crippen LogP contribution in [0.15, 0.2) is 35.3 Å². The van der Waals surface area contributed by atoms with Crippen LogP contribution >= 0.6 is 0 Å². The van der Waals surface area contributed by atoms with Gasteiger partial charge in [-0.25, -0.2) is 14.6 Å². The molecule has 3 heterocycles. The maximum Gasteiger partial charge on any atom is 0.410 e. The molecule has 1 aliphatic heterocycles. The van der Waals surface area contributed by atoms with Gasteiger partial charge in [-0.2, -0.15) is 0 Å². The SMILES string of the molecule is COc1ccc(Nc2cc3c(cn2)n(C)c(=O)n3CC2CCN(C(=O)OC(C)(C)C)CC2)c(C)c1. The standard InChI is InChI=1S/C26H35N5O4/c1-17-13-19(34-6)7-8-20(17)28-23-14-21-22(15-27-23)29(5)24(32)31(21)16-18-9-11-30(12-10-18)25(33)35-26(2,3)4/h7-8,13-15,18H,9-12,16H2,1-6H3,(H,27,28). The van der Waals surface area contributed by atoms with Gasteiger partial charge in [0, 0.05) is 38.4 Å². The van der Waals surface area contributed by atoms with Crippen molar-refractivity contribution < 1.29 is 14.3 Å². The molecule has 35 heavy (non-hydrogen) atoms. The number of nitrogens with one attached hydrogen (secondary N) is 1. The normalized spacial score (nSPS) is 14.9. The summed E-state index contributed by atoms with van der Waals surface area (Å²) in [6.45, 7) is 9.48. The summed E-state index contributed by atoms with van der Waals surface area (Å²) in [5.41, 5.74) is 3.03. The molecule has 3 aromatic rings. The smallest absolute Gasteiger partial charge is 0.410 e. The Hall–Kier alpha value is -3.49. The van der Waals surface area contributed by atoms with Crippen LogP contribution in [-0.2, 0) is 18.3 Å². The highest BCUT2D eigenvalue weighted by Crippen LogP contribution is 2.27. The molecule has 9 heteroatoms. The Kier molecular flexibility index (Phi) is 6.78. The summed E-state index contributed by atoms with van der Waals surface area (Å²) < 4.78 is 14.3. The Bertz CT molecular complexity index is 1280. The number of anilines is 2. The molecule has 0 bridgehead atoms. The van der Waals surface area contributed by atoms with Gasteiger partial charge in [0.2, 0.25) is 0 Å². The Balaban J connectivity index is 1.51. The number of piperidine rings is 1. The number of methoxy groups -OCH3 is 1. The maximum atomic E-state index is 13.1. The Morgan fingerprint density at radius 3 is 2.51 bits per heavy atom. The Morgan fingerprint density at radius 2 is 1.89 bits per heavy atom. The van der Waals surface area contributed by atoms with Gasteiger partial charge in [0.05, 0.1) is 24.3 Å². The number of imidazole rings is 1. The van der Waals surface area contributed by atoms with Gasteiger partial charge < -0.3 is 19.7 Å². The number of carbonyl (C=O) groups is 1. The fourth-order valence-electron chi connectivity index (χ4n) is 4.47. The minimum Gasteiger partial charge on any atom is -0.497 e. The zero-order valence-corrected chi connectivity index (χ0v) is 21.4. The van der Waals surface area contributed by atoms with Crippen LogP contribution in [0.25, 0.3) is 11.0 Å². The van der Waals surface area contributed by atoms with Gasteiger partial charge in [-0.3, -0.25) is 9.13 Å². The van der Waals surface area contributed by atoms with E-state index in [4.69, 9.17) is 9.47 Å². The minimum atomic E-state index is -0.506. The Labute approximate surface area is 205 Å². The van der Waals surface area contributed by atoms with Crippen molar-refractivity contribution in [1.82, 2.24) is 19.0 Å². The van der Waals surface area contributed by atoms with Crippen molar-refractivity contribution in [2.45, 2.75) is 52.7 Å². The Morgan fingerprint density at radius 1 is 1.17 bits per heavy atom. The summed E-state index contributed by atoms with van der Waals surface area (Å²) in [6.07, 6.45) is 3.11. The van der Waals surface area contributed by atoms with Crippen molar-refractivity contribution in [3.63, 3.8) is 0 Å². The number of pyridine rings is 1. The number of rotatable bonds is 5. The molecule has 2 aromatic heterocycles. The first-order chi connectivity index (χ1) is 16.6. The quantitative estimate of drug-likeness (QED) is 0.579. The van der Waals surface area contributed by atoms with E-state index in [-0.39, 0.29) is 11.8 Å². The van der Waals surface area contributed by atoms with Crippen LogP contribution in [0.4, 0.5) is 16.3 Å². The van der Waals surface area contributed by atoms with Gasteiger partial charge in [-0.05, 0) is 70.2 Å². The molecule has 4 rings (SSSR count). The highest BCUT2D eigenvalue weighted by atomic mass is 16.6. The molecule has 1 fully saturated rings. The highest BCUT2D eigenvalue weighted by molar-refractivity contribution is 5.79. The lowest BCUT2D eigenvalue weighted by Gasteiger charge is -2.33. The lowest BCUT2D eigenvalue weighted by Crippen LogP contribution is -2.42. The molecule has 188 valence electrons. The van der Waals surface area contributed by atoms with Crippen molar-refractivity contribution in [2.24, 2.45) is 13.0 Å². The number of amides is 1. The molecule has 0 saturated carbocycles. The molecular weight excluding hydrogens is 446 g/mol. The first kappa shape index (κ1) is 24.6. The maximum absolute atomic E-state index is 13.1. The molecule has 0 atom stereocenters. The monoisotopic (exact) mass is 481 g/mol. The van der Waals surface area contributed by atoms with Gasteiger partial charge in [0.1, 0.15) is 17.2 Å². The molecule has 0 spiro atoms. The van der Waals surface area contributed by atoms with E-state index in [0.717, 1.165) is 40.9 Å². The van der Waals surface area contributed by atoms with E-state index in [0.29, 0.717) is 31.4 Å². The van der Waals surface area contributed by atoms with E-state index < -0.39 is 5.60 Å². The van der Waals surface area contributed by atoms with Gasteiger partial charge >= 0.3 is 11.8 Å². The van der Waals surface area contributed by atoms with Crippen molar-refractivity contribution in [3.05, 3.63) is 46.5 Å². The van der Waals surface area contributed by atoms with Gasteiger partial charge in [0.15, 0.2) is 0 Å². The van der Waals surface area contributed by atoms with Crippen LogP contribution in [0.1, 0.15) is 39.2 Å². The molecule has 1 N–H and O–H groups in total. The second kappa shape index (κ2) is 9.64. The zero-order chi connectivity index (χ0) is 25.3. The highest BCUT2D eigenvalue weighted by Gasteiger charge is 2.28. The molecule has 9 nitrogen and oxygen atoms in total. The predicted molar refractivity (Wildman–Crippen MR) is 137 cm³/mol. The van der Waals surface area contributed by atoms with E-state index in [2.05, 4.69) is 10.3 Å². The van der Waals surface area contributed by atoms with Crippen LogP contribution < -0.4 is 15.7 Å². The lowest BCUT2D eigenvalue weighted by molar-refractivity contribution is 0.0178.